The van der Waals surface area contributed by atoms with Crippen LogP contribution in [0.15, 0.2) is 60.2 Å². The van der Waals surface area contributed by atoms with Gasteiger partial charge < -0.3 is 10.6 Å². The van der Waals surface area contributed by atoms with Crippen LogP contribution in [0.3, 0.4) is 0 Å². The van der Waals surface area contributed by atoms with Crippen molar-refractivity contribution in [1.29, 1.82) is 0 Å². The van der Waals surface area contributed by atoms with Crippen LogP contribution in [-0.2, 0) is 9.59 Å². The lowest BCUT2D eigenvalue weighted by Crippen LogP contribution is -2.13. The van der Waals surface area contributed by atoms with Crippen LogP contribution in [-0.4, -0.2) is 11.8 Å². The van der Waals surface area contributed by atoms with Crippen LogP contribution in [0.5, 0.6) is 0 Å². The third-order valence-electron chi connectivity index (χ3n) is 2.98. The molecule has 0 aliphatic rings. The molecule has 2 amide bonds. The van der Waals surface area contributed by atoms with Crippen LogP contribution >= 0.6 is 0 Å². The van der Waals surface area contributed by atoms with Crippen LogP contribution in [0.25, 0.3) is 6.08 Å². The van der Waals surface area contributed by atoms with Gasteiger partial charge in [-0.25, -0.2) is 0 Å². The molecule has 0 unspecified atom stereocenters. The van der Waals surface area contributed by atoms with Gasteiger partial charge in [0.15, 0.2) is 0 Å². The Morgan fingerprint density at radius 3 is 2.14 bits per heavy atom. The quantitative estimate of drug-likeness (QED) is 0.845. The molecule has 0 aromatic heterocycles. The van der Waals surface area contributed by atoms with Gasteiger partial charge in [-0.15, -0.1) is 0 Å². The summed E-state index contributed by atoms with van der Waals surface area (Å²) in [7, 11) is 0. The maximum atomic E-state index is 12.2. The van der Waals surface area contributed by atoms with Crippen molar-refractivity contribution in [3.8, 4) is 0 Å². The van der Waals surface area contributed by atoms with E-state index >= 15 is 0 Å². The molecule has 4 nitrogen and oxygen atoms in total. The third kappa shape index (κ3) is 4.59. The maximum Gasteiger partial charge on any atom is 0.251 e. The number of anilines is 2. The Bertz CT molecular complexity index is 706. The summed E-state index contributed by atoms with van der Waals surface area (Å²) in [5, 5.41) is 5.50. The smallest absolute Gasteiger partial charge is 0.251 e. The zero-order valence-electron chi connectivity index (χ0n) is 12.6. The number of hydrogen-bond donors (Lipinski definition) is 2. The molecule has 0 heterocycles. The first-order valence-electron chi connectivity index (χ1n) is 6.97. The van der Waals surface area contributed by atoms with Gasteiger partial charge in [-0.3, -0.25) is 9.59 Å². The van der Waals surface area contributed by atoms with Crippen molar-refractivity contribution in [3.63, 3.8) is 0 Å². The maximum absolute atomic E-state index is 12.2. The Hall–Kier alpha value is -2.88. The molecule has 2 aromatic carbocycles. The molecule has 22 heavy (non-hydrogen) atoms. The molecular weight excluding hydrogens is 276 g/mol. The highest BCUT2D eigenvalue weighted by Crippen LogP contribution is 2.16. The first-order chi connectivity index (χ1) is 10.5. The van der Waals surface area contributed by atoms with Gasteiger partial charge in [-0.2, -0.15) is 0 Å². The van der Waals surface area contributed by atoms with E-state index in [4.69, 9.17) is 0 Å². The number of carbonyl (C=O) groups is 2. The molecule has 2 N–H and O–H groups in total. The van der Waals surface area contributed by atoms with Crippen LogP contribution in [0.2, 0.25) is 0 Å². The molecule has 0 radical (unpaired) electrons. The molecule has 0 aliphatic heterocycles. The van der Waals surface area contributed by atoms with Crippen molar-refractivity contribution in [3.05, 3.63) is 65.7 Å². The summed E-state index contributed by atoms with van der Waals surface area (Å²) < 4.78 is 0. The SMILES string of the molecule is CC(=O)Nc1cccc(NC(=O)C(C)=Cc2ccccc2)c1. The topological polar surface area (TPSA) is 58.2 Å². The van der Waals surface area contributed by atoms with Crippen molar-refractivity contribution < 1.29 is 9.59 Å². The minimum atomic E-state index is -0.177. The fourth-order valence-electron chi connectivity index (χ4n) is 1.97. The molecule has 0 spiro atoms. The third-order valence-corrected chi connectivity index (χ3v) is 2.98. The average Bonchev–Trinajstić information content (AvgIpc) is 2.48. The second kappa shape index (κ2) is 7.22. The summed E-state index contributed by atoms with van der Waals surface area (Å²) in [6.07, 6.45) is 1.83. The number of hydrogen-bond acceptors (Lipinski definition) is 2. The van der Waals surface area contributed by atoms with E-state index in [1.54, 1.807) is 31.2 Å². The summed E-state index contributed by atoms with van der Waals surface area (Å²) in [6.45, 7) is 3.21. The van der Waals surface area contributed by atoms with Gasteiger partial charge in [0.2, 0.25) is 5.91 Å². The lowest BCUT2D eigenvalue weighted by Gasteiger charge is -2.08. The molecule has 0 bridgehead atoms. The van der Waals surface area contributed by atoms with Crippen LogP contribution < -0.4 is 10.6 Å². The summed E-state index contributed by atoms with van der Waals surface area (Å²) >= 11 is 0. The first-order valence-corrected chi connectivity index (χ1v) is 6.97. The highest BCUT2D eigenvalue weighted by atomic mass is 16.2. The van der Waals surface area contributed by atoms with Gasteiger partial charge in [0, 0.05) is 23.9 Å². The molecule has 0 fully saturated rings. The Morgan fingerprint density at radius 1 is 0.864 bits per heavy atom. The Kier molecular flexibility index (Phi) is 5.09. The van der Waals surface area contributed by atoms with Gasteiger partial charge in [-0.1, -0.05) is 36.4 Å². The molecule has 112 valence electrons. The predicted molar refractivity (Wildman–Crippen MR) is 89.5 cm³/mol. The molecule has 0 atom stereocenters. The largest absolute Gasteiger partial charge is 0.326 e. The molecular formula is C18H18N2O2. The van der Waals surface area contributed by atoms with E-state index in [0.29, 0.717) is 16.9 Å². The van der Waals surface area contributed by atoms with Gasteiger partial charge >= 0.3 is 0 Å². The summed E-state index contributed by atoms with van der Waals surface area (Å²) in [4.78, 5) is 23.2. The second-order valence-electron chi connectivity index (χ2n) is 4.95. The van der Waals surface area contributed by atoms with Gasteiger partial charge in [0.05, 0.1) is 0 Å². The standard InChI is InChI=1S/C18H18N2O2/c1-13(11-15-7-4-3-5-8-15)18(22)20-17-10-6-9-16(12-17)19-14(2)21/h3-12H,1-2H3,(H,19,21)(H,20,22). The van der Waals surface area contributed by atoms with E-state index in [0.717, 1.165) is 5.56 Å². The van der Waals surface area contributed by atoms with Gasteiger partial charge in [0.1, 0.15) is 0 Å². The van der Waals surface area contributed by atoms with E-state index in [2.05, 4.69) is 10.6 Å². The molecule has 4 heteroatoms. The fraction of sp³-hybridized carbons (Fsp3) is 0.111. The number of amides is 2. The van der Waals surface area contributed by atoms with E-state index in [1.165, 1.54) is 6.92 Å². The first kappa shape index (κ1) is 15.5. The van der Waals surface area contributed by atoms with Gasteiger partial charge in [-0.05, 0) is 36.8 Å². The predicted octanol–water partition coefficient (Wildman–Crippen LogP) is 3.69. The summed E-state index contributed by atoms with van der Waals surface area (Å²) in [5.41, 5.74) is 2.87. The second-order valence-corrected chi connectivity index (χ2v) is 4.95. The zero-order valence-corrected chi connectivity index (χ0v) is 12.6. The lowest BCUT2D eigenvalue weighted by molar-refractivity contribution is -0.114. The van der Waals surface area contributed by atoms with Crippen LogP contribution in [0.4, 0.5) is 11.4 Å². The van der Waals surface area contributed by atoms with Crippen molar-refractivity contribution in [2.45, 2.75) is 13.8 Å². The Morgan fingerprint density at radius 2 is 1.50 bits per heavy atom. The van der Waals surface area contributed by atoms with E-state index < -0.39 is 0 Å². The summed E-state index contributed by atoms with van der Waals surface area (Å²) in [6, 6.07) is 16.7. The van der Waals surface area contributed by atoms with E-state index in [-0.39, 0.29) is 11.8 Å². The molecule has 0 saturated heterocycles. The number of rotatable bonds is 4. The highest BCUT2D eigenvalue weighted by molar-refractivity contribution is 6.06. The van der Waals surface area contributed by atoms with Crippen molar-refractivity contribution in [1.82, 2.24) is 0 Å². The van der Waals surface area contributed by atoms with Gasteiger partial charge in [0.25, 0.3) is 5.91 Å². The lowest BCUT2D eigenvalue weighted by atomic mass is 10.1. The zero-order chi connectivity index (χ0) is 15.9. The highest BCUT2D eigenvalue weighted by Gasteiger charge is 2.06. The molecule has 2 aromatic rings. The summed E-state index contributed by atoms with van der Waals surface area (Å²) in [5.74, 6) is -0.326. The normalized spacial score (nSPS) is 10.9. The van der Waals surface area contributed by atoms with Crippen molar-refractivity contribution in [2.75, 3.05) is 10.6 Å². The van der Waals surface area contributed by atoms with Crippen molar-refractivity contribution in [2.24, 2.45) is 0 Å². The Labute approximate surface area is 129 Å². The number of nitrogens with one attached hydrogen (secondary N) is 2. The molecule has 0 saturated carbocycles. The van der Waals surface area contributed by atoms with Crippen molar-refractivity contribution >= 4 is 29.3 Å². The van der Waals surface area contributed by atoms with E-state index in [1.807, 2.05) is 36.4 Å². The molecule has 0 aliphatic carbocycles. The number of carbonyl (C=O) groups excluding carboxylic acids is 2. The molecule has 2 rings (SSSR count). The minimum absolute atomic E-state index is 0.149. The van der Waals surface area contributed by atoms with E-state index in [9.17, 15) is 9.59 Å². The van der Waals surface area contributed by atoms with Crippen LogP contribution in [0.1, 0.15) is 19.4 Å². The fourth-order valence-corrected chi connectivity index (χ4v) is 1.97. The average molecular weight is 294 g/mol. The minimum Gasteiger partial charge on any atom is -0.326 e. The monoisotopic (exact) mass is 294 g/mol. The Balaban J connectivity index is 2.08. The van der Waals surface area contributed by atoms with Crippen LogP contribution in [0, 0.1) is 0 Å². The number of benzene rings is 2.